The first-order valence-corrected chi connectivity index (χ1v) is 12.7. The van der Waals surface area contributed by atoms with E-state index >= 15 is 0 Å². The van der Waals surface area contributed by atoms with Crippen LogP contribution >= 0.6 is 0 Å². The standard InChI is InChI=1S/C26H25N3O7S/c1-17(2)24(25(31)27-21-11-9-19(10-12-21)18(3)30)28(26(32)20-7-5-4-6-8-20)37(35,36)23-15-13-22(14-16-23)29(33)34/h4-17,24H,1-3H3,(H,27,31). The molecule has 0 fully saturated rings. The minimum absolute atomic E-state index is 0.0391. The lowest BCUT2D eigenvalue weighted by atomic mass is 10.0. The summed E-state index contributed by atoms with van der Waals surface area (Å²) in [6.45, 7) is 4.60. The van der Waals surface area contributed by atoms with Crippen LogP contribution < -0.4 is 5.32 Å². The Balaban J connectivity index is 2.08. The molecule has 0 spiro atoms. The number of hydrogen-bond acceptors (Lipinski definition) is 7. The first-order valence-electron chi connectivity index (χ1n) is 11.2. The van der Waals surface area contributed by atoms with Crippen LogP contribution in [-0.2, 0) is 14.8 Å². The van der Waals surface area contributed by atoms with Crippen molar-refractivity contribution in [3.8, 4) is 0 Å². The summed E-state index contributed by atoms with van der Waals surface area (Å²) in [6, 6.07) is 16.3. The Morgan fingerprint density at radius 3 is 1.92 bits per heavy atom. The molecule has 0 aliphatic carbocycles. The fourth-order valence-electron chi connectivity index (χ4n) is 3.63. The van der Waals surface area contributed by atoms with E-state index in [0.29, 0.717) is 15.6 Å². The first-order chi connectivity index (χ1) is 17.4. The molecule has 3 aromatic carbocycles. The number of carbonyl (C=O) groups excluding carboxylic acids is 3. The summed E-state index contributed by atoms with van der Waals surface area (Å²) < 4.78 is 28.1. The second-order valence-electron chi connectivity index (χ2n) is 8.53. The molecule has 0 aliphatic heterocycles. The van der Waals surface area contributed by atoms with Gasteiger partial charge < -0.3 is 5.32 Å². The van der Waals surface area contributed by atoms with Crippen molar-refractivity contribution in [2.75, 3.05) is 5.32 Å². The summed E-state index contributed by atoms with van der Waals surface area (Å²) in [6.07, 6.45) is 0. The van der Waals surface area contributed by atoms with Gasteiger partial charge >= 0.3 is 0 Å². The molecule has 2 amide bonds. The zero-order valence-corrected chi connectivity index (χ0v) is 21.1. The number of carbonyl (C=O) groups is 3. The maximum Gasteiger partial charge on any atom is 0.269 e. The van der Waals surface area contributed by atoms with Crippen LogP contribution in [0, 0.1) is 16.0 Å². The lowest BCUT2D eigenvalue weighted by molar-refractivity contribution is -0.384. The molecule has 37 heavy (non-hydrogen) atoms. The van der Waals surface area contributed by atoms with Crippen LogP contribution in [0.2, 0.25) is 0 Å². The number of nitrogens with zero attached hydrogens (tertiary/aromatic N) is 2. The Kier molecular flexibility index (Phi) is 8.18. The quantitative estimate of drug-likeness (QED) is 0.250. The van der Waals surface area contributed by atoms with E-state index in [9.17, 15) is 32.9 Å². The number of sulfonamides is 1. The van der Waals surface area contributed by atoms with Crippen molar-refractivity contribution in [2.45, 2.75) is 31.7 Å². The Bertz CT molecular complexity index is 1420. The Labute approximate surface area is 214 Å². The van der Waals surface area contributed by atoms with Crippen molar-refractivity contribution in [3.05, 3.63) is 100 Å². The molecule has 1 atom stereocenters. The molecule has 1 unspecified atom stereocenters. The molecule has 0 saturated carbocycles. The van der Waals surface area contributed by atoms with Gasteiger partial charge in [-0.3, -0.25) is 24.5 Å². The first kappa shape index (κ1) is 27.2. The molecule has 10 nitrogen and oxygen atoms in total. The molecule has 0 saturated heterocycles. The summed E-state index contributed by atoms with van der Waals surface area (Å²) in [5.41, 5.74) is 0.449. The lowest BCUT2D eigenvalue weighted by Gasteiger charge is -2.32. The smallest absolute Gasteiger partial charge is 0.269 e. The predicted octanol–water partition coefficient (Wildman–Crippen LogP) is 4.29. The zero-order chi connectivity index (χ0) is 27.3. The van der Waals surface area contributed by atoms with Crippen LogP contribution in [-0.4, -0.2) is 41.3 Å². The Morgan fingerprint density at radius 2 is 1.43 bits per heavy atom. The monoisotopic (exact) mass is 523 g/mol. The summed E-state index contributed by atoms with van der Waals surface area (Å²) in [5.74, 6) is -2.51. The van der Waals surface area contributed by atoms with Gasteiger partial charge in [0.15, 0.2) is 5.78 Å². The van der Waals surface area contributed by atoms with E-state index in [0.717, 1.165) is 24.3 Å². The SMILES string of the molecule is CC(=O)c1ccc(NC(=O)C(C(C)C)N(C(=O)c2ccccc2)S(=O)(=O)c2ccc([N+](=O)[O-])cc2)cc1. The number of benzene rings is 3. The number of nitro benzene ring substituents is 1. The largest absolute Gasteiger partial charge is 0.324 e. The molecule has 3 aromatic rings. The molecule has 0 bridgehead atoms. The number of non-ortho nitro benzene ring substituents is 1. The van der Waals surface area contributed by atoms with Gasteiger partial charge in [0.25, 0.3) is 21.6 Å². The van der Waals surface area contributed by atoms with E-state index in [1.807, 2.05) is 0 Å². The summed E-state index contributed by atoms with van der Waals surface area (Å²) in [4.78, 5) is 48.5. The number of hydrogen-bond donors (Lipinski definition) is 1. The molecule has 0 heterocycles. The average Bonchev–Trinajstić information content (AvgIpc) is 2.87. The van der Waals surface area contributed by atoms with Crippen LogP contribution in [0.3, 0.4) is 0 Å². The van der Waals surface area contributed by atoms with Crippen LogP contribution in [0.4, 0.5) is 11.4 Å². The van der Waals surface area contributed by atoms with Crippen LogP contribution in [0.25, 0.3) is 0 Å². The van der Waals surface area contributed by atoms with Gasteiger partial charge in [0.1, 0.15) is 6.04 Å². The second kappa shape index (κ2) is 11.1. The molecule has 192 valence electrons. The van der Waals surface area contributed by atoms with Gasteiger partial charge in [0.2, 0.25) is 5.91 Å². The average molecular weight is 524 g/mol. The number of amides is 2. The highest BCUT2D eigenvalue weighted by Gasteiger charge is 2.42. The van der Waals surface area contributed by atoms with Crippen molar-refractivity contribution in [3.63, 3.8) is 0 Å². The van der Waals surface area contributed by atoms with Gasteiger partial charge in [-0.2, -0.15) is 0 Å². The van der Waals surface area contributed by atoms with Crippen molar-refractivity contribution < 1.29 is 27.7 Å². The third kappa shape index (κ3) is 6.07. The lowest BCUT2D eigenvalue weighted by Crippen LogP contribution is -2.53. The minimum atomic E-state index is -4.63. The van der Waals surface area contributed by atoms with Gasteiger partial charge in [0.05, 0.1) is 9.82 Å². The molecule has 0 aromatic heterocycles. The molecular weight excluding hydrogens is 498 g/mol. The van der Waals surface area contributed by atoms with Gasteiger partial charge in [-0.1, -0.05) is 32.0 Å². The number of Topliss-reactive ketones (excluding diaryl/α,β-unsaturated/α-hetero) is 1. The Hall–Kier alpha value is -4.38. The number of rotatable bonds is 9. The molecule has 3 rings (SSSR count). The van der Waals surface area contributed by atoms with Crippen LogP contribution in [0.1, 0.15) is 41.5 Å². The fraction of sp³-hybridized carbons (Fsp3) is 0.192. The second-order valence-corrected chi connectivity index (χ2v) is 10.3. The number of nitrogens with one attached hydrogen (secondary N) is 1. The highest BCUT2D eigenvalue weighted by atomic mass is 32.2. The maximum atomic E-state index is 13.8. The molecule has 1 N–H and O–H groups in total. The van der Waals surface area contributed by atoms with E-state index in [4.69, 9.17) is 0 Å². The number of anilines is 1. The van der Waals surface area contributed by atoms with Crippen LogP contribution in [0.5, 0.6) is 0 Å². The number of ketones is 1. The van der Waals surface area contributed by atoms with E-state index < -0.39 is 38.7 Å². The van der Waals surface area contributed by atoms with Gasteiger partial charge in [-0.25, -0.2) is 12.7 Å². The molecule has 0 aliphatic rings. The normalized spacial score (nSPS) is 12.0. The van der Waals surface area contributed by atoms with E-state index in [2.05, 4.69) is 5.32 Å². The number of nitro groups is 1. The van der Waals surface area contributed by atoms with Crippen molar-refractivity contribution in [2.24, 2.45) is 5.92 Å². The highest BCUT2D eigenvalue weighted by molar-refractivity contribution is 7.89. The summed E-state index contributed by atoms with van der Waals surface area (Å²) in [5, 5.41) is 13.7. The third-order valence-corrected chi connectivity index (χ3v) is 7.32. The van der Waals surface area contributed by atoms with E-state index in [1.54, 1.807) is 32.0 Å². The maximum absolute atomic E-state index is 13.8. The van der Waals surface area contributed by atoms with Crippen molar-refractivity contribution in [1.82, 2.24) is 4.31 Å². The van der Waals surface area contributed by atoms with Crippen molar-refractivity contribution >= 4 is 39.0 Å². The zero-order valence-electron chi connectivity index (χ0n) is 20.3. The molecule has 0 radical (unpaired) electrons. The topological polar surface area (TPSA) is 144 Å². The van der Waals surface area contributed by atoms with Gasteiger partial charge in [-0.15, -0.1) is 0 Å². The van der Waals surface area contributed by atoms with Crippen molar-refractivity contribution in [1.29, 1.82) is 0 Å². The predicted molar refractivity (Wildman–Crippen MR) is 137 cm³/mol. The van der Waals surface area contributed by atoms with Gasteiger partial charge in [0, 0.05) is 28.9 Å². The van der Waals surface area contributed by atoms with E-state index in [-0.39, 0.29) is 21.9 Å². The highest BCUT2D eigenvalue weighted by Crippen LogP contribution is 2.27. The molecular formula is C26H25N3O7S. The molecule has 11 heteroatoms. The van der Waals surface area contributed by atoms with E-state index in [1.165, 1.54) is 43.3 Å². The summed E-state index contributed by atoms with van der Waals surface area (Å²) >= 11 is 0. The van der Waals surface area contributed by atoms with Crippen LogP contribution in [0.15, 0.2) is 83.8 Å². The fourth-order valence-corrected chi connectivity index (χ4v) is 5.30. The summed E-state index contributed by atoms with van der Waals surface area (Å²) in [7, 11) is -4.63. The minimum Gasteiger partial charge on any atom is -0.324 e. The third-order valence-electron chi connectivity index (χ3n) is 5.54. The Morgan fingerprint density at radius 1 is 0.865 bits per heavy atom. The van der Waals surface area contributed by atoms with Gasteiger partial charge in [-0.05, 0) is 61.4 Å².